The normalized spacial score (nSPS) is 23.3. The van der Waals surface area contributed by atoms with Crippen LogP contribution in [0.1, 0.15) is 43.7 Å². The van der Waals surface area contributed by atoms with E-state index >= 15 is 0 Å². The Hall–Kier alpha value is -1.06. The lowest BCUT2D eigenvalue weighted by atomic mass is 9.89. The number of ether oxygens (including phenoxy) is 2. The van der Waals surface area contributed by atoms with E-state index in [9.17, 15) is 0 Å². The molecular weight excluding hydrogens is 238 g/mol. The second-order valence-corrected chi connectivity index (χ2v) is 5.56. The van der Waals surface area contributed by atoms with Gasteiger partial charge in [-0.2, -0.15) is 0 Å². The predicted octanol–water partition coefficient (Wildman–Crippen LogP) is 3.25. The average Bonchev–Trinajstić information content (AvgIpc) is 2.45. The summed E-state index contributed by atoms with van der Waals surface area (Å²) in [5, 5.41) is 0. The quantitative estimate of drug-likeness (QED) is 0.887. The van der Waals surface area contributed by atoms with Crippen molar-refractivity contribution in [1.82, 2.24) is 0 Å². The van der Waals surface area contributed by atoms with Crippen LogP contribution in [0.3, 0.4) is 0 Å². The molecule has 0 aromatic heterocycles. The first-order chi connectivity index (χ1) is 9.22. The van der Waals surface area contributed by atoms with Crippen LogP contribution >= 0.6 is 0 Å². The molecule has 0 heterocycles. The average molecular weight is 263 g/mol. The zero-order valence-corrected chi connectivity index (χ0v) is 12.0. The fourth-order valence-electron chi connectivity index (χ4n) is 2.83. The van der Waals surface area contributed by atoms with Crippen LogP contribution in [-0.2, 0) is 17.9 Å². The first-order valence-electron chi connectivity index (χ1n) is 7.20. The molecule has 0 bridgehead atoms. The smallest absolute Gasteiger partial charge is 0.123 e. The molecule has 2 N–H and O–H groups in total. The predicted molar refractivity (Wildman–Crippen MR) is 77.1 cm³/mol. The molecule has 1 aliphatic carbocycles. The Balaban J connectivity index is 1.92. The first kappa shape index (κ1) is 14.4. The topological polar surface area (TPSA) is 44.5 Å². The second-order valence-electron chi connectivity index (χ2n) is 5.56. The van der Waals surface area contributed by atoms with Gasteiger partial charge in [-0.25, -0.2) is 0 Å². The van der Waals surface area contributed by atoms with Gasteiger partial charge in [-0.1, -0.05) is 25.8 Å². The van der Waals surface area contributed by atoms with E-state index in [-0.39, 0.29) is 0 Å². The summed E-state index contributed by atoms with van der Waals surface area (Å²) in [5.74, 6) is 1.66. The van der Waals surface area contributed by atoms with Crippen molar-refractivity contribution in [1.29, 1.82) is 0 Å². The van der Waals surface area contributed by atoms with Crippen molar-refractivity contribution in [3.8, 4) is 5.75 Å². The Morgan fingerprint density at radius 1 is 1.32 bits per heavy atom. The van der Waals surface area contributed by atoms with Gasteiger partial charge >= 0.3 is 0 Å². The van der Waals surface area contributed by atoms with Gasteiger partial charge in [0.05, 0.1) is 19.8 Å². The monoisotopic (exact) mass is 263 g/mol. The van der Waals surface area contributed by atoms with Crippen LogP contribution < -0.4 is 10.5 Å². The summed E-state index contributed by atoms with van der Waals surface area (Å²) in [7, 11) is 1.67. The zero-order valence-electron chi connectivity index (χ0n) is 12.0. The van der Waals surface area contributed by atoms with E-state index in [2.05, 4.69) is 19.1 Å². The van der Waals surface area contributed by atoms with Gasteiger partial charge in [0.2, 0.25) is 0 Å². The largest absolute Gasteiger partial charge is 0.496 e. The number of rotatable bonds is 5. The molecule has 106 valence electrons. The molecule has 2 rings (SSSR count). The number of methoxy groups -OCH3 is 1. The van der Waals surface area contributed by atoms with E-state index in [4.69, 9.17) is 15.2 Å². The Morgan fingerprint density at radius 2 is 2.16 bits per heavy atom. The van der Waals surface area contributed by atoms with Crippen LogP contribution in [0.5, 0.6) is 5.75 Å². The third-order valence-electron chi connectivity index (χ3n) is 3.94. The summed E-state index contributed by atoms with van der Waals surface area (Å²) in [6.07, 6.45) is 5.46. The molecule has 19 heavy (non-hydrogen) atoms. The van der Waals surface area contributed by atoms with Crippen LogP contribution in [0.4, 0.5) is 0 Å². The third kappa shape index (κ3) is 3.95. The molecule has 1 aromatic rings. The molecule has 1 aromatic carbocycles. The SMILES string of the molecule is COc1ccc(COC2CCCC(C)C2)cc1CN. The summed E-state index contributed by atoms with van der Waals surface area (Å²) >= 11 is 0. The third-order valence-corrected chi connectivity index (χ3v) is 3.94. The molecule has 2 atom stereocenters. The van der Waals surface area contributed by atoms with E-state index in [1.165, 1.54) is 31.2 Å². The Labute approximate surface area is 116 Å². The molecule has 0 amide bonds. The fourth-order valence-corrected chi connectivity index (χ4v) is 2.83. The Morgan fingerprint density at radius 3 is 2.84 bits per heavy atom. The van der Waals surface area contributed by atoms with Crippen molar-refractivity contribution in [3.63, 3.8) is 0 Å². The van der Waals surface area contributed by atoms with Crippen LogP contribution in [0.15, 0.2) is 18.2 Å². The lowest BCUT2D eigenvalue weighted by Crippen LogP contribution is -2.21. The highest BCUT2D eigenvalue weighted by atomic mass is 16.5. The van der Waals surface area contributed by atoms with Gasteiger partial charge in [-0.05, 0) is 36.5 Å². The van der Waals surface area contributed by atoms with Gasteiger partial charge in [-0.3, -0.25) is 0 Å². The van der Waals surface area contributed by atoms with Crippen molar-refractivity contribution >= 4 is 0 Å². The number of hydrogen-bond donors (Lipinski definition) is 1. The molecule has 0 radical (unpaired) electrons. The molecule has 0 aliphatic heterocycles. The highest BCUT2D eigenvalue weighted by molar-refractivity contribution is 5.36. The first-order valence-corrected chi connectivity index (χ1v) is 7.20. The minimum Gasteiger partial charge on any atom is -0.496 e. The molecular formula is C16H25NO2. The number of hydrogen-bond acceptors (Lipinski definition) is 3. The van der Waals surface area contributed by atoms with Gasteiger partial charge in [0.15, 0.2) is 0 Å². The zero-order chi connectivity index (χ0) is 13.7. The maximum Gasteiger partial charge on any atom is 0.123 e. The van der Waals surface area contributed by atoms with Crippen LogP contribution in [0.2, 0.25) is 0 Å². The summed E-state index contributed by atoms with van der Waals surface area (Å²) < 4.78 is 11.3. The summed E-state index contributed by atoms with van der Waals surface area (Å²) in [5.41, 5.74) is 7.95. The van der Waals surface area contributed by atoms with Crippen molar-refractivity contribution in [2.45, 2.75) is 51.9 Å². The lowest BCUT2D eigenvalue weighted by molar-refractivity contribution is 0.00463. The van der Waals surface area contributed by atoms with Crippen LogP contribution in [0, 0.1) is 5.92 Å². The number of benzene rings is 1. The molecule has 1 aliphatic rings. The molecule has 3 heteroatoms. The van der Waals surface area contributed by atoms with Gasteiger partial charge in [0.1, 0.15) is 5.75 Å². The fraction of sp³-hybridized carbons (Fsp3) is 0.625. The van der Waals surface area contributed by atoms with Crippen molar-refractivity contribution in [3.05, 3.63) is 29.3 Å². The van der Waals surface area contributed by atoms with E-state index in [1.54, 1.807) is 7.11 Å². The van der Waals surface area contributed by atoms with E-state index in [0.717, 1.165) is 17.2 Å². The van der Waals surface area contributed by atoms with Crippen LogP contribution in [0.25, 0.3) is 0 Å². The summed E-state index contributed by atoms with van der Waals surface area (Å²) in [6, 6.07) is 6.12. The second kappa shape index (κ2) is 6.92. The molecule has 2 unspecified atom stereocenters. The van der Waals surface area contributed by atoms with Crippen LogP contribution in [-0.4, -0.2) is 13.2 Å². The van der Waals surface area contributed by atoms with Gasteiger partial charge in [0, 0.05) is 12.1 Å². The minimum atomic E-state index is 0.423. The highest BCUT2D eigenvalue weighted by Crippen LogP contribution is 2.27. The van der Waals surface area contributed by atoms with Gasteiger partial charge in [-0.15, -0.1) is 0 Å². The maximum absolute atomic E-state index is 6.03. The molecule has 1 saturated carbocycles. The molecule has 0 saturated heterocycles. The Bertz CT molecular complexity index is 406. The van der Waals surface area contributed by atoms with E-state index in [0.29, 0.717) is 19.3 Å². The van der Waals surface area contributed by atoms with Crippen molar-refractivity contribution in [2.24, 2.45) is 11.7 Å². The standard InChI is InChI=1S/C16H25NO2/c1-12-4-3-5-15(8-12)19-11-13-6-7-16(18-2)14(9-13)10-17/h6-7,9,12,15H,3-5,8,10-11,17H2,1-2H3. The maximum atomic E-state index is 6.03. The van der Waals surface area contributed by atoms with Crippen molar-refractivity contribution < 1.29 is 9.47 Å². The van der Waals surface area contributed by atoms with E-state index in [1.807, 2.05) is 6.07 Å². The molecule has 1 fully saturated rings. The Kier molecular flexibility index (Phi) is 5.23. The highest BCUT2D eigenvalue weighted by Gasteiger charge is 2.19. The molecule has 3 nitrogen and oxygen atoms in total. The minimum absolute atomic E-state index is 0.423. The summed E-state index contributed by atoms with van der Waals surface area (Å²) in [6.45, 7) is 3.49. The van der Waals surface area contributed by atoms with Gasteiger partial charge < -0.3 is 15.2 Å². The van der Waals surface area contributed by atoms with Gasteiger partial charge in [0.25, 0.3) is 0 Å². The lowest BCUT2D eigenvalue weighted by Gasteiger charge is -2.26. The van der Waals surface area contributed by atoms with Crippen molar-refractivity contribution in [2.75, 3.05) is 7.11 Å². The molecule has 0 spiro atoms. The number of nitrogens with two attached hydrogens (primary N) is 1. The van der Waals surface area contributed by atoms with E-state index < -0.39 is 0 Å². The summed E-state index contributed by atoms with van der Waals surface area (Å²) in [4.78, 5) is 0.